The van der Waals surface area contributed by atoms with Gasteiger partial charge in [-0.1, -0.05) is 74.5 Å². The Morgan fingerprint density at radius 3 is 2.53 bits per heavy atom. The van der Waals surface area contributed by atoms with Gasteiger partial charge in [-0.25, -0.2) is 0 Å². The summed E-state index contributed by atoms with van der Waals surface area (Å²) in [7, 11) is 0. The van der Waals surface area contributed by atoms with Gasteiger partial charge in [0.15, 0.2) is 0 Å². The minimum absolute atomic E-state index is 0.513. The standard InChI is InChI=1S/C19H20/c1-3-18(15-7-5-4-6-8-15)17-12-11-16-10-9-14(2)19(16)13-17/h4-14,18H,3H2,1-2H3. The summed E-state index contributed by atoms with van der Waals surface area (Å²) in [5, 5.41) is 0. The van der Waals surface area contributed by atoms with Crippen LogP contribution in [-0.4, -0.2) is 0 Å². The fourth-order valence-corrected chi connectivity index (χ4v) is 3.06. The first-order valence-electron chi connectivity index (χ1n) is 7.16. The van der Waals surface area contributed by atoms with Crippen LogP contribution >= 0.6 is 0 Å². The molecule has 2 aromatic carbocycles. The van der Waals surface area contributed by atoms with E-state index in [0.717, 1.165) is 6.42 Å². The van der Waals surface area contributed by atoms with Crippen LogP contribution in [0.5, 0.6) is 0 Å². The van der Waals surface area contributed by atoms with E-state index in [1.807, 2.05) is 0 Å². The zero-order valence-electron chi connectivity index (χ0n) is 11.6. The second-order valence-electron chi connectivity index (χ2n) is 5.41. The van der Waals surface area contributed by atoms with Crippen molar-refractivity contribution in [2.75, 3.05) is 0 Å². The lowest BCUT2D eigenvalue weighted by Crippen LogP contribution is -2.01. The molecule has 0 spiro atoms. The van der Waals surface area contributed by atoms with Gasteiger partial charge in [0.25, 0.3) is 0 Å². The number of fused-ring (bicyclic) bond motifs is 1. The minimum Gasteiger partial charge on any atom is -0.0767 e. The molecule has 0 amide bonds. The van der Waals surface area contributed by atoms with Crippen LogP contribution in [0.4, 0.5) is 0 Å². The first-order valence-corrected chi connectivity index (χ1v) is 7.16. The Morgan fingerprint density at radius 2 is 1.79 bits per heavy atom. The fourth-order valence-electron chi connectivity index (χ4n) is 3.06. The second kappa shape index (κ2) is 5.05. The topological polar surface area (TPSA) is 0 Å². The Balaban J connectivity index is 2.00. The van der Waals surface area contributed by atoms with Crippen LogP contribution in [0, 0.1) is 0 Å². The van der Waals surface area contributed by atoms with Gasteiger partial charge in [0, 0.05) is 5.92 Å². The molecule has 19 heavy (non-hydrogen) atoms. The van der Waals surface area contributed by atoms with Crippen molar-refractivity contribution in [3.63, 3.8) is 0 Å². The number of benzene rings is 2. The van der Waals surface area contributed by atoms with Gasteiger partial charge in [0.1, 0.15) is 0 Å². The number of hydrogen-bond acceptors (Lipinski definition) is 0. The van der Waals surface area contributed by atoms with Crippen LogP contribution in [0.15, 0.2) is 54.6 Å². The molecule has 0 heteroatoms. The summed E-state index contributed by atoms with van der Waals surface area (Å²) >= 11 is 0. The molecule has 0 aromatic heterocycles. The van der Waals surface area contributed by atoms with E-state index in [4.69, 9.17) is 0 Å². The predicted molar refractivity (Wildman–Crippen MR) is 82.5 cm³/mol. The van der Waals surface area contributed by atoms with E-state index in [-0.39, 0.29) is 0 Å². The second-order valence-corrected chi connectivity index (χ2v) is 5.41. The van der Waals surface area contributed by atoms with E-state index in [1.54, 1.807) is 0 Å². The third kappa shape index (κ3) is 2.23. The van der Waals surface area contributed by atoms with Crippen LogP contribution in [0.25, 0.3) is 6.08 Å². The first-order chi connectivity index (χ1) is 9.29. The highest BCUT2D eigenvalue weighted by Crippen LogP contribution is 2.35. The van der Waals surface area contributed by atoms with Gasteiger partial charge in [-0.15, -0.1) is 0 Å². The molecule has 0 saturated heterocycles. The summed E-state index contributed by atoms with van der Waals surface area (Å²) in [6, 6.07) is 17.8. The SMILES string of the molecule is CCC(c1ccccc1)c1ccc2c(c1)C(C)C=C2. The minimum atomic E-state index is 0.513. The van der Waals surface area contributed by atoms with Crippen molar-refractivity contribution < 1.29 is 0 Å². The first kappa shape index (κ1) is 12.2. The predicted octanol–water partition coefficient (Wildman–Crippen LogP) is 5.36. The summed E-state index contributed by atoms with van der Waals surface area (Å²) in [5.41, 5.74) is 5.73. The van der Waals surface area contributed by atoms with Crippen molar-refractivity contribution in [1.29, 1.82) is 0 Å². The highest BCUT2D eigenvalue weighted by molar-refractivity contribution is 5.63. The average molecular weight is 248 g/mol. The molecule has 0 bridgehead atoms. The van der Waals surface area contributed by atoms with Crippen molar-refractivity contribution in [3.05, 3.63) is 76.9 Å². The number of allylic oxidation sites excluding steroid dienone is 1. The third-order valence-corrected chi connectivity index (χ3v) is 4.18. The maximum atomic E-state index is 2.40. The molecular formula is C19H20. The highest BCUT2D eigenvalue weighted by Gasteiger charge is 2.17. The fraction of sp³-hybridized carbons (Fsp3) is 0.263. The maximum absolute atomic E-state index is 2.40. The molecule has 0 aliphatic heterocycles. The quantitative estimate of drug-likeness (QED) is 0.686. The van der Waals surface area contributed by atoms with E-state index in [1.165, 1.54) is 22.3 Å². The van der Waals surface area contributed by atoms with Crippen molar-refractivity contribution in [1.82, 2.24) is 0 Å². The Bertz CT molecular complexity index is 593. The summed E-state index contributed by atoms with van der Waals surface area (Å²) in [6.45, 7) is 4.54. The molecule has 1 aliphatic rings. The highest BCUT2D eigenvalue weighted by atomic mass is 14.2. The Hall–Kier alpha value is -1.82. The summed E-state index contributed by atoms with van der Waals surface area (Å²) in [5.74, 6) is 1.07. The zero-order valence-corrected chi connectivity index (χ0v) is 11.6. The molecule has 2 aromatic rings. The van der Waals surface area contributed by atoms with E-state index in [0.29, 0.717) is 11.8 Å². The maximum Gasteiger partial charge on any atom is 0.00868 e. The van der Waals surface area contributed by atoms with Gasteiger partial charge >= 0.3 is 0 Å². The van der Waals surface area contributed by atoms with Crippen LogP contribution in [-0.2, 0) is 0 Å². The van der Waals surface area contributed by atoms with Crippen LogP contribution < -0.4 is 0 Å². The van der Waals surface area contributed by atoms with Gasteiger partial charge in [-0.2, -0.15) is 0 Å². The van der Waals surface area contributed by atoms with Crippen molar-refractivity contribution >= 4 is 6.08 Å². The van der Waals surface area contributed by atoms with Gasteiger partial charge in [0.2, 0.25) is 0 Å². The van der Waals surface area contributed by atoms with Crippen LogP contribution in [0.2, 0.25) is 0 Å². The van der Waals surface area contributed by atoms with Gasteiger partial charge in [-0.3, -0.25) is 0 Å². The molecule has 0 N–H and O–H groups in total. The molecule has 3 rings (SSSR count). The van der Waals surface area contributed by atoms with Crippen molar-refractivity contribution in [2.45, 2.75) is 32.1 Å². The van der Waals surface area contributed by atoms with E-state index in [9.17, 15) is 0 Å². The summed E-state index contributed by atoms with van der Waals surface area (Å²) in [4.78, 5) is 0. The number of hydrogen-bond donors (Lipinski definition) is 0. The third-order valence-electron chi connectivity index (χ3n) is 4.18. The van der Waals surface area contributed by atoms with E-state index >= 15 is 0 Å². The van der Waals surface area contributed by atoms with Gasteiger partial charge in [-0.05, 0) is 34.6 Å². The molecule has 2 atom stereocenters. The van der Waals surface area contributed by atoms with Crippen molar-refractivity contribution in [2.24, 2.45) is 0 Å². The molecule has 2 unspecified atom stereocenters. The summed E-state index contributed by atoms with van der Waals surface area (Å²) < 4.78 is 0. The molecule has 0 nitrogen and oxygen atoms in total. The lowest BCUT2D eigenvalue weighted by Gasteiger charge is -2.18. The number of rotatable bonds is 3. The molecule has 0 heterocycles. The van der Waals surface area contributed by atoms with Gasteiger partial charge < -0.3 is 0 Å². The normalized spacial score (nSPS) is 18.3. The smallest absolute Gasteiger partial charge is 0.00868 e. The largest absolute Gasteiger partial charge is 0.0767 e. The van der Waals surface area contributed by atoms with E-state index < -0.39 is 0 Å². The van der Waals surface area contributed by atoms with Crippen molar-refractivity contribution in [3.8, 4) is 0 Å². The van der Waals surface area contributed by atoms with Gasteiger partial charge in [0.05, 0.1) is 0 Å². The molecule has 96 valence electrons. The van der Waals surface area contributed by atoms with Crippen LogP contribution in [0.1, 0.15) is 54.4 Å². The summed E-state index contributed by atoms with van der Waals surface area (Å²) in [6.07, 6.45) is 5.68. The average Bonchev–Trinajstić information content (AvgIpc) is 2.82. The molecule has 0 saturated carbocycles. The monoisotopic (exact) mass is 248 g/mol. The van der Waals surface area contributed by atoms with E-state index in [2.05, 4.69) is 74.5 Å². The molecule has 1 aliphatic carbocycles. The molecule has 0 radical (unpaired) electrons. The zero-order chi connectivity index (χ0) is 13.2. The Morgan fingerprint density at radius 1 is 1.00 bits per heavy atom. The Kier molecular flexibility index (Phi) is 3.25. The Labute approximate surface area is 115 Å². The molecular weight excluding hydrogens is 228 g/mol. The lowest BCUT2D eigenvalue weighted by atomic mass is 9.86. The van der Waals surface area contributed by atoms with Crippen LogP contribution in [0.3, 0.4) is 0 Å². The molecule has 0 fully saturated rings. The lowest BCUT2D eigenvalue weighted by molar-refractivity contribution is 0.774.